The molecule has 1 atom stereocenters. The van der Waals surface area contributed by atoms with E-state index in [4.69, 9.17) is 4.74 Å². The van der Waals surface area contributed by atoms with Crippen LogP contribution in [0.15, 0.2) is 48.0 Å². The van der Waals surface area contributed by atoms with E-state index in [0.29, 0.717) is 17.2 Å². The lowest BCUT2D eigenvalue weighted by atomic mass is 9.92. The fraction of sp³-hybridized carbons (Fsp3) is 0.407. The van der Waals surface area contributed by atoms with E-state index in [2.05, 4.69) is 13.8 Å². The molecule has 2 aromatic carbocycles. The molecule has 2 fully saturated rings. The molecule has 5 heteroatoms. The number of methoxy groups -OCH3 is 1. The minimum atomic E-state index is -0.629. The van der Waals surface area contributed by atoms with Crippen molar-refractivity contribution in [2.45, 2.75) is 64.5 Å². The zero-order chi connectivity index (χ0) is 23.0. The van der Waals surface area contributed by atoms with E-state index in [-0.39, 0.29) is 17.4 Å². The van der Waals surface area contributed by atoms with E-state index in [1.165, 1.54) is 12.7 Å². The van der Waals surface area contributed by atoms with Crippen LogP contribution < -0.4 is 4.74 Å². The number of benzene rings is 2. The molecule has 1 saturated heterocycles. The predicted octanol–water partition coefficient (Wildman–Crippen LogP) is 5.49. The Morgan fingerprint density at radius 3 is 2.31 bits per heavy atom. The summed E-state index contributed by atoms with van der Waals surface area (Å²) in [6.45, 7) is 6.17. The van der Waals surface area contributed by atoms with Gasteiger partial charge in [0.1, 0.15) is 11.5 Å². The molecule has 1 aliphatic carbocycles. The van der Waals surface area contributed by atoms with Gasteiger partial charge in [-0.3, -0.25) is 9.59 Å². The second-order valence-electron chi connectivity index (χ2n) is 9.17. The Labute approximate surface area is 189 Å². The van der Waals surface area contributed by atoms with Gasteiger partial charge < -0.3 is 14.7 Å². The number of likely N-dealkylation sites (tertiary alicyclic amines) is 1. The molecule has 1 heterocycles. The zero-order valence-corrected chi connectivity index (χ0v) is 19.2. The van der Waals surface area contributed by atoms with Crippen molar-refractivity contribution in [3.63, 3.8) is 0 Å². The number of nitrogens with zero attached hydrogens (tertiary/aromatic N) is 1. The number of aliphatic hydroxyl groups is 1. The Hall–Kier alpha value is -3.08. The number of ketones is 1. The molecule has 1 amide bonds. The molecule has 1 saturated carbocycles. The van der Waals surface area contributed by atoms with Crippen LogP contribution in [0.3, 0.4) is 0 Å². The number of ether oxygens (including phenoxy) is 1. The maximum absolute atomic E-state index is 13.3. The van der Waals surface area contributed by atoms with Crippen LogP contribution in [0.5, 0.6) is 5.75 Å². The fourth-order valence-corrected chi connectivity index (χ4v) is 4.95. The summed E-state index contributed by atoms with van der Waals surface area (Å²) in [6, 6.07) is 12.9. The lowest BCUT2D eigenvalue weighted by Crippen LogP contribution is -2.37. The van der Waals surface area contributed by atoms with Crippen LogP contribution in [0.2, 0.25) is 0 Å². The van der Waals surface area contributed by atoms with Gasteiger partial charge in [0.05, 0.1) is 24.3 Å². The van der Waals surface area contributed by atoms with E-state index >= 15 is 0 Å². The molecule has 1 aliphatic heterocycles. The molecule has 168 valence electrons. The van der Waals surface area contributed by atoms with Crippen LogP contribution in [0.4, 0.5) is 0 Å². The maximum atomic E-state index is 13.3. The summed E-state index contributed by atoms with van der Waals surface area (Å²) in [7, 11) is 1.53. The van der Waals surface area contributed by atoms with Crippen molar-refractivity contribution in [2.24, 2.45) is 0 Å². The summed E-state index contributed by atoms with van der Waals surface area (Å²) in [5.41, 5.74) is 3.53. The summed E-state index contributed by atoms with van der Waals surface area (Å²) < 4.78 is 5.45. The Kier molecular flexibility index (Phi) is 6.09. The van der Waals surface area contributed by atoms with Crippen molar-refractivity contribution in [1.29, 1.82) is 0 Å². The summed E-state index contributed by atoms with van der Waals surface area (Å²) in [5.74, 6) is -0.489. The molecule has 0 aromatic heterocycles. The molecular formula is C27H31NO4. The van der Waals surface area contributed by atoms with Crippen molar-refractivity contribution in [3.8, 4) is 5.75 Å². The Morgan fingerprint density at radius 2 is 1.72 bits per heavy atom. The number of carbonyl (C=O) groups is 2. The third-order valence-electron chi connectivity index (χ3n) is 6.73. The highest BCUT2D eigenvalue weighted by molar-refractivity contribution is 6.46. The summed E-state index contributed by atoms with van der Waals surface area (Å²) in [6.07, 6.45) is 3.83. The van der Waals surface area contributed by atoms with Gasteiger partial charge in [0.25, 0.3) is 11.7 Å². The van der Waals surface area contributed by atoms with Gasteiger partial charge in [-0.05, 0) is 48.9 Å². The standard InChI is InChI=1S/C27H31NO4/c1-16(2)18-10-12-19(13-11-18)24-23(25(29)21-15-17(3)9-14-22(21)32-4)26(30)27(31)28(24)20-7-5-6-8-20/h9-16,20,24,29H,5-8H2,1-4H3/b25-23+. The van der Waals surface area contributed by atoms with E-state index in [0.717, 1.165) is 36.8 Å². The molecule has 1 N–H and O–H groups in total. The van der Waals surface area contributed by atoms with E-state index in [1.807, 2.05) is 37.3 Å². The molecule has 5 nitrogen and oxygen atoms in total. The SMILES string of the molecule is COc1ccc(C)cc1/C(O)=C1\C(=O)C(=O)N(C2CCCC2)C1c1ccc(C(C)C)cc1. The van der Waals surface area contributed by atoms with Crippen LogP contribution in [0.1, 0.15) is 73.7 Å². The van der Waals surface area contributed by atoms with Gasteiger partial charge in [-0.1, -0.05) is 62.6 Å². The number of aryl methyl sites for hydroxylation is 1. The van der Waals surface area contributed by atoms with Crippen LogP contribution in [0, 0.1) is 6.92 Å². The normalized spacial score (nSPS) is 21.0. The van der Waals surface area contributed by atoms with Gasteiger partial charge in [0, 0.05) is 6.04 Å². The molecule has 0 spiro atoms. The topological polar surface area (TPSA) is 66.8 Å². The Balaban J connectivity index is 1.90. The van der Waals surface area contributed by atoms with E-state index in [9.17, 15) is 14.7 Å². The second-order valence-corrected chi connectivity index (χ2v) is 9.17. The average molecular weight is 434 g/mol. The summed E-state index contributed by atoms with van der Waals surface area (Å²) in [5, 5.41) is 11.4. The summed E-state index contributed by atoms with van der Waals surface area (Å²) in [4.78, 5) is 28.2. The van der Waals surface area contributed by atoms with Crippen molar-refractivity contribution in [3.05, 3.63) is 70.3 Å². The van der Waals surface area contributed by atoms with Gasteiger partial charge in [-0.15, -0.1) is 0 Å². The minimum Gasteiger partial charge on any atom is -0.507 e. The molecule has 1 unspecified atom stereocenters. The molecule has 2 aromatic rings. The minimum absolute atomic E-state index is 0.00549. The van der Waals surface area contributed by atoms with Gasteiger partial charge in [0.15, 0.2) is 0 Å². The molecular weight excluding hydrogens is 402 g/mol. The molecule has 4 rings (SSSR count). The fourth-order valence-electron chi connectivity index (χ4n) is 4.95. The highest BCUT2D eigenvalue weighted by atomic mass is 16.5. The number of rotatable bonds is 5. The quantitative estimate of drug-likeness (QED) is 0.385. The zero-order valence-electron chi connectivity index (χ0n) is 19.2. The average Bonchev–Trinajstić information content (AvgIpc) is 3.40. The molecule has 0 radical (unpaired) electrons. The third kappa shape index (κ3) is 3.81. The van der Waals surface area contributed by atoms with Gasteiger partial charge in [-0.25, -0.2) is 0 Å². The number of hydrogen-bond acceptors (Lipinski definition) is 4. The van der Waals surface area contributed by atoms with E-state index in [1.54, 1.807) is 17.0 Å². The second kappa shape index (κ2) is 8.81. The van der Waals surface area contributed by atoms with Crippen LogP contribution >= 0.6 is 0 Å². The number of amides is 1. The van der Waals surface area contributed by atoms with Crippen LogP contribution in [-0.2, 0) is 9.59 Å². The molecule has 0 bridgehead atoms. The number of carbonyl (C=O) groups excluding carboxylic acids is 2. The largest absolute Gasteiger partial charge is 0.507 e. The Bertz CT molecular complexity index is 1060. The van der Waals surface area contributed by atoms with Crippen LogP contribution in [0.25, 0.3) is 5.76 Å². The first-order valence-corrected chi connectivity index (χ1v) is 11.4. The monoisotopic (exact) mass is 433 g/mol. The van der Waals surface area contributed by atoms with Crippen molar-refractivity contribution in [1.82, 2.24) is 4.90 Å². The molecule has 32 heavy (non-hydrogen) atoms. The first-order chi connectivity index (χ1) is 15.3. The number of Topliss-reactive ketones (excluding diaryl/α,β-unsaturated/α-hetero) is 1. The smallest absolute Gasteiger partial charge is 0.295 e. The van der Waals surface area contributed by atoms with E-state index < -0.39 is 17.7 Å². The number of hydrogen-bond donors (Lipinski definition) is 1. The first-order valence-electron chi connectivity index (χ1n) is 11.4. The van der Waals surface area contributed by atoms with Crippen LogP contribution in [-0.4, -0.2) is 34.8 Å². The van der Waals surface area contributed by atoms with Crippen molar-refractivity contribution in [2.75, 3.05) is 7.11 Å². The highest BCUT2D eigenvalue weighted by Crippen LogP contribution is 2.44. The van der Waals surface area contributed by atoms with Gasteiger partial charge in [-0.2, -0.15) is 0 Å². The maximum Gasteiger partial charge on any atom is 0.295 e. The van der Waals surface area contributed by atoms with Gasteiger partial charge in [0.2, 0.25) is 0 Å². The summed E-state index contributed by atoms with van der Waals surface area (Å²) >= 11 is 0. The molecule has 2 aliphatic rings. The predicted molar refractivity (Wildman–Crippen MR) is 125 cm³/mol. The Morgan fingerprint density at radius 1 is 1.06 bits per heavy atom. The van der Waals surface area contributed by atoms with Crippen molar-refractivity contribution < 1.29 is 19.4 Å². The van der Waals surface area contributed by atoms with Gasteiger partial charge >= 0.3 is 0 Å². The van der Waals surface area contributed by atoms with Crippen molar-refractivity contribution >= 4 is 17.4 Å². The third-order valence-corrected chi connectivity index (χ3v) is 6.73. The number of aliphatic hydroxyl groups excluding tert-OH is 1. The highest BCUT2D eigenvalue weighted by Gasteiger charge is 2.49. The lowest BCUT2D eigenvalue weighted by molar-refractivity contribution is -0.141. The first kappa shape index (κ1) is 22.1. The lowest BCUT2D eigenvalue weighted by Gasteiger charge is -2.31.